The Morgan fingerprint density at radius 2 is 2.33 bits per heavy atom. The fourth-order valence-electron chi connectivity index (χ4n) is 2.18. The number of halogens is 1. The molecule has 1 aliphatic carbocycles. The van der Waals surface area contributed by atoms with Crippen molar-refractivity contribution in [3.8, 4) is 0 Å². The molecule has 0 aliphatic heterocycles. The first kappa shape index (κ1) is 11.6. The van der Waals surface area contributed by atoms with Gasteiger partial charge in [-0.25, -0.2) is 0 Å². The molecule has 0 amide bonds. The second-order valence-electron chi connectivity index (χ2n) is 4.53. The van der Waals surface area contributed by atoms with Crippen molar-refractivity contribution in [2.75, 3.05) is 7.05 Å². The average Bonchev–Trinajstić information content (AvgIpc) is 2.99. The van der Waals surface area contributed by atoms with Crippen LogP contribution in [0.5, 0.6) is 0 Å². The molecule has 1 aliphatic rings. The third kappa shape index (κ3) is 3.05. The third-order valence-corrected chi connectivity index (χ3v) is 5.13. The fraction of sp³-hybridized carbons (Fsp3) is 0.667. The van der Waals surface area contributed by atoms with Gasteiger partial charge in [0.1, 0.15) is 0 Å². The van der Waals surface area contributed by atoms with Gasteiger partial charge in [0.25, 0.3) is 0 Å². The molecule has 1 saturated carbocycles. The predicted octanol–water partition coefficient (Wildman–Crippen LogP) is 3.69. The highest BCUT2D eigenvalue weighted by Crippen LogP contribution is 2.39. The van der Waals surface area contributed by atoms with E-state index in [-0.39, 0.29) is 0 Å². The summed E-state index contributed by atoms with van der Waals surface area (Å²) in [6.45, 7) is 2.39. The van der Waals surface area contributed by atoms with Crippen LogP contribution in [0.15, 0.2) is 15.9 Å². The number of hydrogen-bond acceptors (Lipinski definition) is 2. The molecule has 15 heavy (non-hydrogen) atoms. The van der Waals surface area contributed by atoms with Crippen LogP contribution in [0.25, 0.3) is 0 Å². The zero-order chi connectivity index (χ0) is 10.8. The van der Waals surface area contributed by atoms with Gasteiger partial charge in [-0.15, -0.1) is 11.3 Å². The SMILES string of the molecule is CNC(Cc1cc(Br)cs1)C(C)C1CC1. The normalized spacial score (nSPS) is 20.2. The van der Waals surface area contributed by atoms with Gasteiger partial charge in [0, 0.05) is 20.8 Å². The molecule has 2 atom stereocenters. The van der Waals surface area contributed by atoms with Gasteiger partial charge in [0.2, 0.25) is 0 Å². The van der Waals surface area contributed by atoms with Gasteiger partial charge in [-0.05, 0) is 60.1 Å². The molecule has 0 aromatic carbocycles. The first-order valence-electron chi connectivity index (χ1n) is 5.61. The summed E-state index contributed by atoms with van der Waals surface area (Å²) >= 11 is 5.37. The van der Waals surface area contributed by atoms with Crippen LogP contribution >= 0.6 is 27.3 Å². The van der Waals surface area contributed by atoms with Crippen molar-refractivity contribution in [3.63, 3.8) is 0 Å². The van der Waals surface area contributed by atoms with Gasteiger partial charge in [0.05, 0.1) is 0 Å². The molecule has 2 unspecified atom stereocenters. The van der Waals surface area contributed by atoms with Crippen LogP contribution in [0.4, 0.5) is 0 Å². The minimum atomic E-state index is 0.642. The van der Waals surface area contributed by atoms with Crippen LogP contribution in [0, 0.1) is 11.8 Å². The quantitative estimate of drug-likeness (QED) is 0.871. The Hall–Kier alpha value is 0.140. The summed E-state index contributed by atoms with van der Waals surface area (Å²) in [5.41, 5.74) is 0. The van der Waals surface area contributed by atoms with E-state index < -0.39 is 0 Å². The van der Waals surface area contributed by atoms with Crippen molar-refractivity contribution in [2.24, 2.45) is 11.8 Å². The largest absolute Gasteiger partial charge is 0.316 e. The molecule has 0 bridgehead atoms. The van der Waals surface area contributed by atoms with Crippen LogP contribution in [0.2, 0.25) is 0 Å². The van der Waals surface area contributed by atoms with E-state index in [0.29, 0.717) is 6.04 Å². The lowest BCUT2D eigenvalue weighted by Crippen LogP contribution is -2.34. The molecule has 84 valence electrons. The Bertz CT molecular complexity index is 319. The van der Waals surface area contributed by atoms with Crippen molar-refractivity contribution in [1.29, 1.82) is 0 Å². The summed E-state index contributed by atoms with van der Waals surface area (Å²) in [6.07, 6.45) is 4.05. The fourth-order valence-corrected chi connectivity index (χ4v) is 3.69. The summed E-state index contributed by atoms with van der Waals surface area (Å²) in [5.74, 6) is 1.79. The zero-order valence-electron chi connectivity index (χ0n) is 9.29. The van der Waals surface area contributed by atoms with Crippen molar-refractivity contribution < 1.29 is 0 Å². The minimum absolute atomic E-state index is 0.642. The highest BCUT2D eigenvalue weighted by molar-refractivity contribution is 9.10. The van der Waals surface area contributed by atoms with E-state index in [9.17, 15) is 0 Å². The molecule has 1 fully saturated rings. The maximum Gasteiger partial charge on any atom is 0.0285 e. The van der Waals surface area contributed by atoms with E-state index in [1.807, 2.05) is 11.3 Å². The second-order valence-corrected chi connectivity index (χ2v) is 6.44. The summed E-state index contributed by atoms with van der Waals surface area (Å²) in [5, 5.41) is 5.64. The number of nitrogens with one attached hydrogen (secondary N) is 1. The molecule has 1 N–H and O–H groups in total. The van der Waals surface area contributed by atoms with Crippen molar-refractivity contribution >= 4 is 27.3 Å². The lowest BCUT2D eigenvalue weighted by Gasteiger charge is -2.22. The summed E-state index contributed by atoms with van der Waals surface area (Å²) in [4.78, 5) is 1.48. The van der Waals surface area contributed by atoms with Crippen LogP contribution in [-0.4, -0.2) is 13.1 Å². The lowest BCUT2D eigenvalue weighted by atomic mass is 9.94. The van der Waals surface area contributed by atoms with Crippen molar-refractivity contribution in [2.45, 2.75) is 32.2 Å². The third-order valence-electron chi connectivity index (χ3n) is 3.41. The zero-order valence-corrected chi connectivity index (χ0v) is 11.7. The van der Waals surface area contributed by atoms with E-state index in [0.717, 1.165) is 11.8 Å². The monoisotopic (exact) mass is 287 g/mol. The molecule has 1 nitrogen and oxygen atoms in total. The van der Waals surface area contributed by atoms with Gasteiger partial charge in [-0.2, -0.15) is 0 Å². The van der Waals surface area contributed by atoms with Crippen LogP contribution in [0.3, 0.4) is 0 Å². The molecule has 1 aromatic rings. The van der Waals surface area contributed by atoms with Gasteiger partial charge in [-0.1, -0.05) is 6.92 Å². The molecule has 1 aromatic heterocycles. The average molecular weight is 288 g/mol. The first-order valence-corrected chi connectivity index (χ1v) is 7.28. The lowest BCUT2D eigenvalue weighted by molar-refractivity contribution is 0.359. The van der Waals surface area contributed by atoms with Gasteiger partial charge in [0.15, 0.2) is 0 Å². The summed E-state index contributed by atoms with van der Waals surface area (Å²) < 4.78 is 1.22. The Kier molecular flexibility index (Phi) is 3.86. The van der Waals surface area contributed by atoms with Crippen molar-refractivity contribution in [3.05, 3.63) is 20.8 Å². The van der Waals surface area contributed by atoms with Crippen LogP contribution in [-0.2, 0) is 6.42 Å². The number of rotatable bonds is 5. The first-order chi connectivity index (χ1) is 7.20. The number of thiophene rings is 1. The predicted molar refractivity (Wildman–Crippen MR) is 70.5 cm³/mol. The van der Waals surface area contributed by atoms with Gasteiger partial charge in [-0.3, -0.25) is 0 Å². The van der Waals surface area contributed by atoms with Gasteiger partial charge >= 0.3 is 0 Å². The van der Waals surface area contributed by atoms with E-state index in [1.54, 1.807) is 0 Å². The maximum absolute atomic E-state index is 3.51. The maximum atomic E-state index is 3.51. The van der Waals surface area contributed by atoms with Gasteiger partial charge < -0.3 is 5.32 Å². The number of hydrogen-bond donors (Lipinski definition) is 1. The molecule has 0 saturated heterocycles. The highest BCUT2D eigenvalue weighted by Gasteiger charge is 2.32. The Morgan fingerprint density at radius 3 is 2.80 bits per heavy atom. The Balaban J connectivity index is 1.95. The van der Waals surface area contributed by atoms with Crippen LogP contribution in [0.1, 0.15) is 24.6 Å². The summed E-state index contributed by atoms with van der Waals surface area (Å²) in [7, 11) is 2.09. The Morgan fingerprint density at radius 1 is 1.60 bits per heavy atom. The second kappa shape index (κ2) is 4.98. The van der Waals surface area contributed by atoms with Crippen molar-refractivity contribution in [1.82, 2.24) is 5.32 Å². The molecule has 0 spiro atoms. The summed E-state index contributed by atoms with van der Waals surface area (Å²) in [6, 6.07) is 2.89. The van der Waals surface area contributed by atoms with E-state index >= 15 is 0 Å². The molecular formula is C12H18BrNS. The Labute approximate surface area is 104 Å². The number of likely N-dealkylation sites (N-methyl/N-ethyl adjacent to an activating group) is 1. The van der Waals surface area contributed by atoms with E-state index in [4.69, 9.17) is 0 Å². The van der Waals surface area contributed by atoms with E-state index in [2.05, 4.69) is 46.7 Å². The molecule has 2 rings (SSSR count). The highest BCUT2D eigenvalue weighted by atomic mass is 79.9. The topological polar surface area (TPSA) is 12.0 Å². The standard InChI is InChI=1S/C12H18BrNS/c1-8(9-3-4-9)12(14-2)6-11-5-10(13)7-15-11/h5,7-9,12,14H,3-4,6H2,1-2H3. The van der Waals surface area contributed by atoms with E-state index in [1.165, 1.54) is 28.6 Å². The molecule has 0 radical (unpaired) electrons. The van der Waals surface area contributed by atoms with Crippen LogP contribution < -0.4 is 5.32 Å². The minimum Gasteiger partial charge on any atom is -0.316 e. The smallest absolute Gasteiger partial charge is 0.0285 e. The molecular weight excluding hydrogens is 270 g/mol. The molecule has 1 heterocycles. The molecule has 3 heteroatoms.